The van der Waals surface area contributed by atoms with Gasteiger partial charge in [0.15, 0.2) is 9.84 Å². The minimum Gasteiger partial charge on any atom is -0.495 e. The Labute approximate surface area is 168 Å². The van der Waals surface area contributed by atoms with E-state index in [1.165, 1.54) is 6.26 Å². The average molecular weight is 409 g/mol. The first-order valence-corrected chi connectivity index (χ1v) is 11.0. The van der Waals surface area contributed by atoms with E-state index in [4.69, 9.17) is 9.15 Å². The largest absolute Gasteiger partial charge is 0.495 e. The van der Waals surface area contributed by atoms with Gasteiger partial charge in [0.1, 0.15) is 16.9 Å². The predicted octanol–water partition coefficient (Wildman–Crippen LogP) is 4.39. The first-order valence-electron chi connectivity index (χ1n) is 8.91. The summed E-state index contributed by atoms with van der Waals surface area (Å²) in [6.45, 7) is 0. The molecule has 7 heteroatoms. The zero-order valence-corrected chi connectivity index (χ0v) is 16.7. The minimum atomic E-state index is -3.13. The van der Waals surface area contributed by atoms with Crippen LogP contribution in [0.25, 0.3) is 21.9 Å². The summed E-state index contributed by atoms with van der Waals surface area (Å²) in [6, 6.07) is 17.7. The summed E-state index contributed by atoms with van der Waals surface area (Å²) < 4.78 is 34.1. The lowest BCUT2D eigenvalue weighted by Gasteiger charge is -2.11. The van der Waals surface area contributed by atoms with Crippen LogP contribution in [-0.4, -0.2) is 27.7 Å². The predicted molar refractivity (Wildman–Crippen MR) is 113 cm³/mol. The van der Waals surface area contributed by atoms with Gasteiger partial charge in [-0.15, -0.1) is 0 Å². The van der Waals surface area contributed by atoms with Gasteiger partial charge < -0.3 is 14.5 Å². The van der Waals surface area contributed by atoms with Crippen LogP contribution in [0.2, 0.25) is 0 Å². The molecule has 0 unspecified atom stereocenters. The van der Waals surface area contributed by atoms with E-state index in [0.717, 1.165) is 16.4 Å². The molecule has 29 heavy (non-hydrogen) atoms. The number of ether oxygens (including phenoxy) is 1. The lowest BCUT2D eigenvalue weighted by molar-refractivity contribution is 0.102. The molecule has 0 spiro atoms. The van der Waals surface area contributed by atoms with Gasteiger partial charge in [-0.3, -0.25) is 4.79 Å². The summed E-state index contributed by atoms with van der Waals surface area (Å²) in [5.41, 5.74) is 2.93. The van der Waals surface area contributed by atoms with E-state index in [2.05, 4.69) is 5.32 Å². The van der Waals surface area contributed by atoms with Crippen molar-refractivity contribution in [1.29, 1.82) is 0 Å². The summed E-state index contributed by atoms with van der Waals surface area (Å²) in [7, 11) is -1.59. The molecule has 6 nitrogen and oxygen atoms in total. The highest BCUT2D eigenvalue weighted by molar-refractivity contribution is 7.89. The van der Waals surface area contributed by atoms with Crippen LogP contribution in [0.1, 0.15) is 15.9 Å². The molecule has 1 amide bonds. The third kappa shape index (κ3) is 3.95. The van der Waals surface area contributed by atoms with Crippen LogP contribution in [0, 0.1) is 0 Å². The van der Waals surface area contributed by atoms with Crippen LogP contribution in [0.4, 0.5) is 5.69 Å². The van der Waals surface area contributed by atoms with Crippen LogP contribution in [0.5, 0.6) is 5.75 Å². The van der Waals surface area contributed by atoms with E-state index in [1.807, 2.05) is 30.3 Å². The SMILES string of the molecule is COc1cc2c(cc1NC(=O)c1ccc(CS(C)(=O)=O)cc1)oc1ccccc12. The number of sulfone groups is 1. The molecular formula is C22H19NO5S. The van der Waals surface area contributed by atoms with Crippen molar-refractivity contribution in [3.05, 3.63) is 71.8 Å². The number of benzene rings is 3. The number of rotatable bonds is 5. The highest BCUT2D eigenvalue weighted by Crippen LogP contribution is 2.36. The standard InChI is InChI=1S/C22H19NO5S/c1-27-21-11-17-16-5-3-4-6-19(16)28-20(17)12-18(21)23-22(24)15-9-7-14(8-10-15)13-29(2,25)26/h3-12H,13H2,1-2H3,(H,23,24). The van der Waals surface area contributed by atoms with Crippen molar-refractivity contribution in [2.45, 2.75) is 5.75 Å². The molecule has 1 heterocycles. The normalized spacial score (nSPS) is 11.7. The lowest BCUT2D eigenvalue weighted by atomic mass is 10.1. The van der Waals surface area contributed by atoms with Crippen LogP contribution < -0.4 is 10.1 Å². The molecule has 0 atom stereocenters. The summed E-state index contributed by atoms with van der Waals surface area (Å²) >= 11 is 0. The average Bonchev–Trinajstić information content (AvgIpc) is 3.04. The van der Waals surface area contributed by atoms with E-state index in [9.17, 15) is 13.2 Å². The molecular weight excluding hydrogens is 390 g/mol. The van der Waals surface area contributed by atoms with Gasteiger partial charge in [0, 0.05) is 28.7 Å². The zero-order valence-electron chi connectivity index (χ0n) is 15.9. The summed E-state index contributed by atoms with van der Waals surface area (Å²) in [5, 5.41) is 4.72. The van der Waals surface area contributed by atoms with Crippen LogP contribution >= 0.6 is 0 Å². The molecule has 0 aliphatic carbocycles. The van der Waals surface area contributed by atoms with Crippen molar-refractivity contribution in [3.8, 4) is 5.75 Å². The number of furan rings is 1. The number of fused-ring (bicyclic) bond motifs is 3. The molecule has 3 aromatic carbocycles. The maximum atomic E-state index is 12.7. The number of carbonyl (C=O) groups is 1. The lowest BCUT2D eigenvalue weighted by Crippen LogP contribution is -2.13. The van der Waals surface area contributed by atoms with E-state index in [1.54, 1.807) is 37.4 Å². The van der Waals surface area contributed by atoms with Crippen molar-refractivity contribution < 1.29 is 22.4 Å². The second kappa shape index (κ2) is 7.25. The number of nitrogens with one attached hydrogen (secondary N) is 1. The molecule has 0 aliphatic rings. The van der Waals surface area contributed by atoms with Gasteiger partial charge in [-0.1, -0.05) is 30.3 Å². The Hall–Kier alpha value is -3.32. The molecule has 148 valence electrons. The Kier molecular flexibility index (Phi) is 4.76. The van der Waals surface area contributed by atoms with Crippen LogP contribution in [0.3, 0.4) is 0 Å². The Bertz CT molecular complexity index is 1320. The molecule has 0 bridgehead atoms. The molecule has 0 aliphatic heterocycles. The van der Waals surface area contributed by atoms with Gasteiger partial charge in [0.2, 0.25) is 0 Å². The van der Waals surface area contributed by atoms with E-state index in [-0.39, 0.29) is 11.7 Å². The minimum absolute atomic E-state index is 0.0640. The number of anilines is 1. The summed E-state index contributed by atoms with van der Waals surface area (Å²) in [4.78, 5) is 12.7. The third-order valence-corrected chi connectivity index (χ3v) is 5.45. The van der Waals surface area contributed by atoms with Gasteiger partial charge in [-0.05, 0) is 29.8 Å². The van der Waals surface area contributed by atoms with Gasteiger partial charge in [-0.2, -0.15) is 0 Å². The molecule has 0 saturated heterocycles. The first-order chi connectivity index (χ1) is 13.8. The fourth-order valence-electron chi connectivity index (χ4n) is 3.27. The molecule has 1 N–H and O–H groups in total. The van der Waals surface area contributed by atoms with Crippen LogP contribution in [-0.2, 0) is 15.6 Å². The van der Waals surface area contributed by atoms with Gasteiger partial charge in [0.05, 0.1) is 18.6 Å². The van der Waals surface area contributed by atoms with Crippen molar-refractivity contribution >= 4 is 43.4 Å². The number of para-hydroxylation sites is 1. The Morgan fingerprint density at radius 3 is 2.41 bits per heavy atom. The number of methoxy groups -OCH3 is 1. The first kappa shape index (κ1) is 19.0. The molecule has 0 fully saturated rings. The fourth-order valence-corrected chi connectivity index (χ4v) is 4.07. The van der Waals surface area contributed by atoms with E-state index in [0.29, 0.717) is 28.1 Å². The number of carbonyl (C=O) groups excluding carboxylic acids is 1. The summed E-state index contributed by atoms with van der Waals surface area (Å²) in [5.74, 6) is 0.126. The van der Waals surface area contributed by atoms with Crippen molar-refractivity contribution in [2.75, 3.05) is 18.7 Å². The zero-order chi connectivity index (χ0) is 20.6. The topological polar surface area (TPSA) is 85.6 Å². The number of hydrogen-bond acceptors (Lipinski definition) is 5. The highest BCUT2D eigenvalue weighted by atomic mass is 32.2. The van der Waals surface area contributed by atoms with Gasteiger partial charge >= 0.3 is 0 Å². The van der Waals surface area contributed by atoms with E-state index < -0.39 is 9.84 Å². The Morgan fingerprint density at radius 2 is 1.72 bits per heavy atom. The molecule has 0 radical (unpaired) electrons. The second-order valence-corrected chi connectivity index (χ2v) is 9.01. The second-order valence-electron chi connectivity index (χ2n) is 6.87. The quantitative estimate of drug-likeness (QED) is 0.528. The van der Waals surface area contributed by atoms with Crippen molar-refractivity contribution in [2.24, 2.45) is 0 Å². The number of hydrogen-bond donors (Lipinski definition) is 1. The maximum absolute atomic E-state index is 12.7. The fraction of sp³-hybridized carbons (Fsp3) is 0.136. The molecule has 1 aromatic heterocycles. The van der Waals surface area contributed by atoms with Gasteiger partial charge in [0.25, 0.3) is 5.91 Å². The monoisotopic (exact) mass is 409 g/mol. The van der Waals surface area contributed by atoms with Crippen molar-refractivity contribution in [3.63, 3.8) is 0 Å². The summed E-state index contributed by atoms with van der Waals surface area (Å²) in [6.07, 6.45) is 1.17. The Morgan fingerprint density at radius 1 is 1.00 bits per heavy atom. The van der Waals surface area contributed by atoms with Gasteiger partial charge in [-0.25, -0.2) is 8.42 Å². The molecule has 0 saturated carbocycles. The van der Waals surface area contributed by atoms with Crippen LogP contribution in [0.15, 0.2) is 65.1 Å². The van der Waals surface area contributed by atoms with E-state index >= 15 is 0 Å². The maximum Gasteiger partial charge on any atom is 0.255 e. The molecule has 4 rings (SSSR count). The third-order valence-electron chi connectivity index (χ3n) is 4.59. The molecule has 4 aromatic rings. The Balaban J connectivity index is 1.64. The van der Waals surface area contributed by atoms with Crippen molar-refractivity contribution in [1.82, 2.24) is 0 Å². The number of amides is 1. The smallest absolute Gasteiger partial charge is 0.255 e. The highest BCUT2D eigenvalue weighted by Gasteiger charge is 2.15.